The van der Waals surface area contributed by atoms with Gasteiger partial charge in [-0.25, -0.2) is 4.98 Å². The van der Waals surface area contributed by atoms with Gasteiger partial charge in [0.2, 0.25) is 11.8 Å². The average Bonchev–Trinajstić information content (AvgIpc) is 3.21. The Kier molecular flexibility index (Phi) is 7.32. The van der Waals surface area contributed by atoms with Gasteiger partial charge in [0.15, 0.2) is 0 Å². The van der Waals surface area contributed by atoms with Crippen molar-refractivity contribution in [3.05, 3.63) is 47.5 Å². The van der Waals surface area contributed by atoms with Crippen LogP contribution in [0.3, 0.4) is 0 Å². The van der Waals surface area contributed by atoms with E-state index in [9.17, 15) is 9.59 Å². The lowest BCUT2D eigenvalue weighted by atomic mass is 9.90. The minimum Gasteiger partial charge on any atom is -0.490 e. The number of likely N-dealkylation sites (tertiary alicyclic amines) is 1. The van der Waals surface area contributed by atoms with Crippen LogP contribution in [0, 0.1) is 12.8 Å². The molecule has 2 fully saturated rings. The number of hydrogen-bond donors (Lipinski definition) is 0. The molecule has 32 heavy (non-hydrogen) atoms. The quantitative estimate of drug-likeness (QED) is 0.661. The fraction of sp³-hybridized carbons (Fsp3) is 0.522. The Morgan fingerprint density at radius 2 is 1.88 bits per heavy atom. The highest BCUT2D eigenvalue weighted by Crippen LogP contribution is 2.27. The second kappa shape index (κ2) is 10.4. The van der Waals surface area contributed by atoms with Gasteiger partial charge in [-0.15, -0.1) is 0 Å². The first-order valence-corrected chi connectivity index (χ1v) is 11.4. The van der Waals surface area contributed by atoms with E-state index in [0.29, 0.717) is 57.3 Å². The van der Waals surface area contributed by atoms with E-state index in [4.69, 9.17) is 21.1 Å². The molecule has 2 aliphatic heterocycles. The second-order valence-electron chi connectivity index (χ2n) is 8.30. The molecule has 0 saturated carbocycles. The van der Waals surface area contributed by atoms with Crippen molar-refractivity contribution in [3.63, 3.8) is 0 Å². The monoisotopic (exact) mass is 460 g/mol. The summed E-state index contributed by atoms with van der Waals surface area (Å²) in [5, 5.41) is 0.645. The summed E-state index contributed by atoms with van der Waals surface area (Å²) in [4.78, 5) is 33.8. The van der Waals surface area contributed by atoms with Crippen molar-refractivity contribution in [3.8, 4) is 5.75 Å². The Labute approximate surface area is 193 Å². The number of hydrogen-bond acceptors (Lipinski definition) is 5. The number of halogens is 1. The maximum absolute atomic E-state index is 13.0. The molecule has 4 rings (SSSR count). The van der Waals surface area contributed by atoms with E-state index in [2.05, 4.69) is 4.98 Å². The summed E-state index contributed by atoms with van der Waals surface area (Å²) < 4.78 is 13.5. The fourth-order valence-electron chi connectivity index (χ4n) is 4.26. The molecule has 2 aromatic rings. The molecule has 1 aromatic heterocycles. The number of morpholine rings is 1. The third-order valence-electron chi connectivity index (χ3n) is 6.15. The lowest BCUT2D eigenvalue weighted by Crippen LogP contribution is -2.51. The highest BCUT2D eigenvalue weighted by atomic mass is 35.5. The molecule has 8 nitrogen and oxygen atoms in total. The van der Waals surface area contributed by atoms with Crippen LogP contribution in [-0.4, -0.2) is 76.7 Å². The van der Waals surface area contributed by atoms with Gasteiger partial charge in [-0.1, -0.05) is 11.6 Å². The summed E-state index contributed by atoms with van der Waals surface area (Å²) in [6.07, 6.45) is 4.35. The number of nitrogens with zero attached hydrogens (tertiary/aromatic N) is 4. The van der Waals surface area contributed by atoms with Crippen molar-refractivity contribution in [1.29, 1.82) is 0 Å². The highest BCUT2D eigenvalue weighted by Gasteiger charge is 2.35. The van der Waals surface area contributed by atoms with Crippen molar-refractivity contribution < 1.29 is 19.1 Å². The van der Waals surface area contributed by atoms with Gasteiger partial charge >= 0.3 is 0 Å². The lowest BCUT2D eigenvalue weighted by Gasteiger charge is -2.39. The number of aromatic nitrogens is 2. The van der Waals surface area contributed by atoms with Gasteiger partial charge < -0.3 is 23.8 Å². The SMILES string of the molecule is Cc1nccn1CC(=O)N1CC[C@H](Oc2ccc(Cl)cc2)[C@@H](CC(=O)N2CCOCC2)C1. The number of piperidine rings is 1. The van der Waals surface area contributed by atoms with Crippen LogP contribution in [0.2, 0.25) is 5.02 Å². The van der Waals surface area contributed by atoms with E-state index in [1.54, 1.807) is 18.3 Å². The van der Waals surface area contributed by atoms with Gasteiger partial charge in [-0.2, -0.15) is 0 Å². The Bertz CT molecular complexity index is 926. The molecule has 3 heterocycles. The van der Waals surface area contributed by atoms with Crippen LogP contribution in [0.1, 0.15) is 18.7 Å². The number of amides is 2. The minimum atomic E-state index is -0.153. The van der Waals surface area contributed by atoms with E-state index >= 15 is 0 Å². The maximum atomic E-state index is 13.0. The number of benzene rings is 1. The predicted octanol–water partition coefficient (Wildman–Crippen LogP) is 2.39. The molecule has 0 N–H and O–H groups in total. The number of carbonyl (C=O) groups excluding carboxylic acids is 2. The highest BCUT2D eigenvalue weighted by molar-refractivity contribution is 6.30. The van der Waals surface area contributed by atoms with Gasteiger partial charge in [0.1, 0.15) is 24.2 Å². The molecule has 2 atom stereocenters. The number of ether oxygens (including phenoxy) is 2. The van der Waals surface area contributed by atoms with Gasteiger partial charge in [-0.05, 0) is 31.2 Å². The van der Waals surface area contributed by atoms with Crippen molar-refractivity contribution in [2.24, 2.45) is 5.92 Å². The topological polar surface area (TPSA) is 76.9 Å². The number of imidazole rings is 1. The number of aryl methyl sites for hydroxylation is 1. The van der Waals surface area contributed by atoms with Crippen LogP contribution >= 0.6 is 11.6 Å². The molecule has 2 saturated heterocycles. The van der Waals surface area contributed by atoms with Gasteiger partial charge in [0, 0.05) is 62.4 Å². The van der Waals surface area contributed by atoms with E-state index in [-0.39, 0.29) is 30.4 Å². The van der Waals surface area contributed by atoms with E-state index in [1.165, 1.54) is 0 Å². The minimum absolute atomic E-state index is 0.0277. The molecule has 0 aliphatic carbocycles. The Morgan fingerprint density at radius 3 is 2.56 bits per heavy atom. The molecule has 0 radical (unpaired) electrons. The van der Waals surface area contributed by atoms with Gasteiger partial charge in [0.05, 0.1) is 13.2 Å². The molecule has 2 amide bonds. The largest absolute Gasteiger partial charge is 0.490 e. The van der Waals surface area contributed by atoms with Crippen molar-refractivity contribution in [1.82, 2.24) is 19.4 Å². The summed E-state index contributed by atoms with van der Waals surface area (Å²) in [6, 6.07) is 7.25. The van der Waals surface area contributed by atoms with Crippen LogP contribution in [0.5, 0.6) is 5.75 Å². The first-order chi connectivity index (χ1) is 15.5. The fourth-order valence-corrected chi connectivity index (χ4v) is 4.39. The summed E-state index contributed by atoms with van der Waals surface area (Å²) >= 11 is 5.99. The second-order valence-corrected chi connectivity index (χ2v) is 8.73. The first kappa shape index (κ1) is 22.6. The standard InChI is InChI=1S/C23H29ClN4O4/c1-17-25-7-9-27(17)16-23(30)28-8-6-21(32-20-4-2-19(24)3-5-20)18(15-28)14-22(29)26-10-12-31-13-11-26/h2-5,7,9,18,21H,6,8,10-16H2,1H3/t18-,21-/m0/s1. The molecule has 0 spiro atoms. The molecule has 0 bridgehead atoms. The summed E-state index contributed by atoms with van der Waals surface area (Å²) in [5.74, 6) is 1.54. The maximum Gasteiger partial charge on any atom is 0.242 e. The molecule has 2 aliphatic rings. The molecule has 9 heteroatoms. The van der Waals surface area contributed by atoms with Crippen LogP contribution in [0.15, 0.2) is 36.7 Å². The van der Waals surface area contributed by atoms with Crippen molar-refractivity contribution >= 4 is 23.4 Å². The molecule has 172 valence electrons. The van der Waals surface area contributed by atoms with Crippen LogP contribution < -0.4 is 4.74 Å². The number of carbonyl (C=O) groups is 2. The Balaban J connectivity index is 1.44. The molecular formula is C23H29ClN4O4. The molecule has 0 unspecified atom stereocenters. The van der Waals surface area contributed by atoms with Crippen LogP contribution in [-0.2, 0) is 20.9 Å². The van der Waals surface area contributed by atoms with Crippen LogP contribution in [0.25, 0.3) is 0 Å². The number of rotatable bonds is 6. The predicted molar refractivity (Wildman–Crippen MR) is 120 cm³/mol. The van der Waals surface area contributed by atoms with Crippen LogP contribution in [0.4, 0.5) is 0 Å². The first-order valence-electron chi connectivity index (χ1n) is 11.0. The zero-order chi connectivity index (χ0) is 22.5. The van der Waals surface area contributed by atoms with E-state index in [1.807, 2.05) is 39.6 Å². The Hall–Kier alpha value is -2.58. The summed E-state index contributed by atoms with van der Waals surface area (Å²) in [6.45, 7) is 5.55. The molecular weight excluding hydrogens is 432 g/mol. The van der Waals surface area contributed by atoms with E-state index < -0.39 is 0 Å². The zero-order valence-electron chi connectivity index (χ0n) is 18.3. The Morgan fingerprint density at radius 1 is 1.12 bits per heavy atom. The van der Waals surface area contributed by atoms with Gasteiger partial charge in [0.25, 0.3) is 0 Å². The third-order valence-corrected chi connectivity index (χ3v) is 6.40. The summed E-state index contributed by atoms with van der Waals surface area (Å²) in [7, 11) is 0. The van der Waals surface area contributed by atoms with Crippen molar-refractivity contribution in [2.75, 3.05) is 39.4 Å². The van der Waals surface area contributed by atoms with Crippen molar-refractivity contribution in [2.45, 2.75) is 32.4 Å². The lowest BCUT2D eigenvalue weighted by molar-refractivity contribution is -0.141. The van der Waals surface area contributed by atoms with E-state index in [0.717, 1.165) is 11.6 Å². The zero-order valence-corrected chi connectivity index (χ0v) is 19.0. The smallest absolute Gasteiger partial charge is 0.242 e. The normalized spacial score (nSPS) is 21.4. The summed E-state index contributed by atoms with van der Waals surface area (Å²) in [5.41, 5.74) is 0. The third kappa shape index (κ3) is 5.61. The molecule has 1 aromatic carbocycles. The van der Waals surface area contributed by atoms with Gasteiger partial charge in [-0.3, -0.25) is 9.59 Å². The average molecular weight is 461 g/mol.